The summed E-state index contributed by atoms with van der Waals surface area (Å²) in [4.78, 5) is 12.6. The molecule has 0 bridgehead atoms. The van der Waals surface area contributed by atoms with Crippen LogP contribution in [0.2, 0.25) is 5.02 Å². The number of nitrogens with zero attached hydrogens (tertiary/aromatic N) is 3. The number of carbonyl (C=O) groups is 1. The van der Waals surface area contributed by atoms with Crippen LogP contribution in [0.3, 0.4) is 0 Å². The Morgan fingerprint density at radius 2 is 1.76 bits per heavy atom. The summed E-state index contributed by atoms with van der Waals surface area (Å²) in [6.07, 6.45) is -4.62. The van der Waals surface area contributed by atoms with Gasteiger partial charge in [0.05, 0.1) is 11.3 Å². The molecule has 1 heterocycles. The van der Waals surface area contributed by atoms with Gasteiger partial charge in [-0.2, -0.15) is 23.5 Å². The van der Waals surface area contributed by atoms with Gasteiger partial charge in [0.2, 0.25) is 11.5 Å². The summed E-state index contributed by atoms with van der Waals surface area (Å²) in [5.74, 6) is -0.543. The van der Waals surface area contributed by atoms with E-state index in [9.17, 15) is 23.2 Å². The second-order valence-electron chi connectivity index (χ2n) is 8.14. The first-order chi connectivity index (χ1) is 15.4. The molecular weight excluding hydrogens is 457 g/mol. The summed E-state index contributed by atoms with van der Waals surface area (Å²) in [5, 5.41) is 16.4. The molecule has 0 saturated carbocycles. The lowest BCUT2D eigenvalue weighted by Crippen LogP contribution is -2.14. The number of halogens is 4. The molecule has 3 aromatic rings. The lowest BCUT2D eigenvalue weighted by molar-refractivity contribution is -0.137. The van der Waals surface area contributed by atoms with E-state index in [4.69, 9.17) is 16.1 Å². The van der Waals surface area contributed by atoms with Crippen molar-refractivity contribution >= 4 is 28.8 Å². The first-order valence-corrected chi connectivity index (χ1v) is 10.00. The van der Waals surface area contributed by atoms with Gasteiger partial charge >= 0.3 is 6.18 Å². The number of nitriles is 1. The highest BCUT2D eigenvalue weighted by atomic mass is 35.5. The molecule has 10 heteroatoms. The Morgan fingerprint density at radius 3 is 2.33 bits per heavy atom. The summed E-state index contributed by atoms with van der Waals surface area (Å²) in [6, 6.07) is 13.2. The summed E-state index contributed by atoms with van der Waals surface area (Å²) < 4.78 is 44.0. The van der Waals surface area contributed by atoms with Gasteiger partial charge in [-0.1, -0.05) is 61.8 Å². The predicted molar refractivity (Wildman–Crippen MR) is 118 cm³/mol. The molecule has 1 N–H and O–H groups in total. The van der Waals surface area contributed by atoms with Crippen LogP contribution in [0.5, 0.6) is 0 Å². The molecule has 0 aliphatic rings. The molecule has 2 aromatic carbocycles. The van der Waals surface area contributed by atoms with Gasteiger partial charge in [-0.05, 0) is 29.2 Å². The van der Waals surface area contributed by atoms with Crippen LogP contribution < -0.4 is 5.43 Å². The molecule has 0 unspecified atom stereocenters. The van der Waals surface area contributed by atoms with Crippen LogP contribution >= 0.6 is 11.6 Å². The second kappa shape index (κ2) is 9.08. The average molecular weight is 475 g/mol. The van der Waals surface area contributed by atoms with E-state index in [0.717, 1.165) is 17.7 Å². The quantitative estimate of drug-likeness (QED) is 0.259. The van der Waals surface area contributed by atoms with Crippen molar-refractivity contribution in [3.05, 3.63) is 70.4 Å². The first-order valence-electron chi connectivity index (χ1n) is 9.62. The maximum atomic E-state index is 12.9. The Bertz CT molecular complexity index is 1250. The Hall–Kier alpha value is -3.64. The van der Waals surface area contributed by atoms with E-state index in [1.807, 2.05) is 24.3 Å². The zero-order valence-corrected chi connectivity index (χ0v) is 18.5. The number of alkyl halides is 3. The van der Waals surface area contributed by atoms with Crippen LogP contribution in [-0.4, -0.2) is 16.7 Å². The van der Waals surface area contributed by atoms with Crippen molar-refractivity contribution in [3.63, 3.8) is 0 Å². The zero-order valence-electron chi connectivity index (χ0n) is 17.8. The summed E-state index contributed by atoms with van der Waals surface area (Å²) in [5.41, 5.74) is 2.09. The topological polar surface area (TPSA) is 91.3 Å². The molecular formula is C23H18ClF3N4O2. The smallest absolute Gasteiger partial charge is 0.356 e. The van der Waals surface area contributed by atoms with Crippen LogP contribution in [0.15, 0.2) is 58.2 Å². The predicted octanol–water partition coefficient (Wildman–Crippen LogP) is 6.49. The zero-order chi connectivity index (χ0) is 24.4. The van der Waals surface area contributed by atoms with E-state index in [1.54, 1.807) is 6.07 Å². The molecule has 0 radical (unpaired) electrons. The van der Waals surface area contributed by atoms with Crippen molar-refractivity contribution < 1.29 is 22.5 Å². The van der Waals surface area contributed by atoms with Crippen LogP contribution in [-0.2, 0) is 11.6 Å². The van der Waals surface area contributed by atoms with Crippen molar-refractivity contribution in [2.75, 3.05) is 5.43 Å². The molecule has 0 atom stereocenters. The minimum absolute atomic E-state index is 0.0317. The van der Waals surface area contributed by atoms with Gasteiger partial charge in [0.1, 0.15) is 6.07 Å². The molecule has 0 fully saturated rings. The van der Waals surface area contributed by atoms with Crippen molar-refractivity contribution in [1.29, 1.82) is 5.26 Å². The maximum Gasteiger partial charge on any atom is 0.416 e. The van der Waals surface area contributed by atoms with Gasteiger partial charge in [0.25, 0.3) is 0 Å². The number of aromatic nitrogens is 1. The van der Waals surface area contributed by atoms with E-state index < -0.39 is 23.2 Å². The number of hydrazone groups is 1. The number of Topliss-reactive ketones (excluding diaryl/α,β-unsaturated/α-hetero) is 1. The third kappa shape index (κ3) is 5.79. The molecule has 170 valence electrons. The number of ketones is 1. The minimum Gasteiger partial charge on any atom is -0.356 e. The standard InChI is InChI=1S/C23H18ClF3N4O2/c1-22(2,3)14-6-4-13(5-7-14)20-11-18(31-33-20)21(32)19(12-28)30-29-17-9-15(23(25,26)27)8-16(24)10-17/h4-11,29H,1-3H3. The van der Waals surface area contributed by atoms with Gasteiger partial charge in [0, 0.05) is 16.7 Å². The molecule has 0 saturated heterocycles. The molecule has 0 spiro atoms. The van der Waals surface area contributed by atoms with E-state index in [2.05, 4.69) is 36.5 Å². The van der Waals surface area contributed by atoms with Crippen LogP contribution in [0.1, 0.15) is 42.4 Å². The lowest BCUT2D eigenvalue weighted by atomic mass is 9.86. The minimum atomic E-state index is -4.62. The molecule has 0 aliphatic heterocycles. The fourth-order valence-corrected chi connectivity index (χ4v) is 3.07. The third-order valence-corrected chi connectivity index (χ3v) is 4.84. The first kappa shape index (κ1) is 24.0. The molecule has 6 nitrogen and oxygen atoms in total. The third-order valence-electron chi connectivity index (χ3n) is 4.62. The number of carbonyl (C=O) groups excluding carboxylic acids is 1. The average Bonchev–Trinajstić information content (AvgIpc) is 3.23. The molecule has 33 heavy (non-hydrogen) atoms. The molecule has 0 amide bonds. The van der Waals surface area contributed by atoms with Gasteiger partial charge in [-0.15, -0.1) is 0 Å². The Morgan fingerprint density at radius 1 is 1.09 bits per heavy atom. The van der Waals surface area contributed by atoms with Crippen LogP contribution in [0.25, 0.3) is 11.3 Å². The highest BCUT2D eigenvalue weighted by molar-refractivity contribution is 6.51. The van der Waals surface area contributed by atoms with Gasteiger partial charge in [0.15, 0.2) is 11.5 Å². The van der Waals surface area contributed by atoms with E-state index in [1.165, 1.54) is 12.1 Å². The van der Waals surface area contributed by atoms with E-state index in [-0.39, 0.29) is 21.8 Å². The Kier molecular flexibility index (Phi) is 6.60. The molecule has 3 rings (SSSR count). The monoisotopic (exact) mass is 474 g/mol. The number of rotatable bonds is 5. The number of anilines is 1. The van der Waals surface area contributed by atoms with Crippen molar-refractivity contribution in [2.24, 2.45) is 5.10 Å². The molecule has 1 aromatic heterocycles. The largest absolute Gasteiger partial charge is 0.416 e. The van der Waals surface area contributed by atoms with Crippen LogP contribution in [0, 0.1) is 11.3 Å². The fraction of sp³-hybridized carbons (Fsp3) is 0.217. The van der Waals surface area contributed by atoms with Crippen molar-refractivity contribution in [2.45, 2.75) is 32.4 Å². The second-order valence-corrected chi connectivity index (χ2v) is 8.58. The Labute approximate surface area is 192 Å². The van der Waals surface area contributed by atoms with Gasteiger partial charge < -0.3 is 4.52 Å². The van der Waals surface area contributed by atoms with Crippen LogP contribution in [0.4, 0.5) is 18.9 Å². The SMILES string of the molecule is CC(C)(C)c1ccc(-c2cc(C(=O)C(C#N)=NNc3cc(Cl)cc(C(F)(F)F)c3)no2)cc1. The Balaban J connectivity index is 1.81. The number of benzene rings is 2. The van der Waals surface area contributed by atoms with E-state index in [0.29, 0.717) is 11.3 Å². The number of hydrogen-bond acceptors (Lipinski definition) is 6. The normalized spacial score (nSPS) is 12.4. The van der Waals surface area contributed by atoms with Gasteiger partial charge in [-0.25, -0.2) is 0 Å². The van der Waals surface area contributed by atoms with E-state index >= 15 is 0 Å². The number of nitrogens with one attached hydrogen (secondary N) is 1. The van der Waals surface area contributed by atoms with Crippen molar-refractivity contribution in [3.8, 4) is 17.4 Å². The highest BCUT2D eigenvalue weighted by Gasteiger charge is 2.31. The summed E-state index contributed by atoms with van der Waals surface area (Å²) >= 11 is 5.72. The summed E-state index contributed by atoms with van der Waals surface area (Å²) in [6.45, 7) is 6.24. The molecule has 0 aliphatic carbocycles. The van der Waals surface area contributed by atoms with Gasteiger partial charge in [-0.3, -0.25) is 10.2 Å². The number of hydrogen-bond donors (Lipinski definition) is 1. The summed E-state index contributed by atoms with van der Waals surface area (Å²) in [7, 11) is 0. The lowest BCUT2D eigenvalue weighted by Gasteiger charge is -2.18. The van der Waals surface area contributed by atoms with Crippen molar-refractivity contribution in [1.82, 2.24) is 5.16 Å². The maximum absolute atomic E-state index is 12.9. The fourth-order valence-electron chi connectivity index (χ4n) is 2.84. The highest BCUT2D eigenvalue weighted by Crippen LogP contribution is 2.33.